The zero-order chi connectivity index (χ0) is 24.0. The number of carbonyl (C=O) groups excluding carboxylic acids is 1. The van der Waals surface area contributed by atoms with Crippen molar-refractivity contribution < 1.29 is 4.79 Å². The Bertz CT molecular complexity index is 1180. The molecule has 1 amide bonds. The van der Waals surface area contributed by atoms with Crippen LogP contribution in [0.15, 0.2) is 47.4 Å². The lowest BCUT2D eigenvalue weighted by atomic mass is 10.00. The maximum Gasteiger partial charge on any atom is 0.275 e. The highest BCUT2D eigenvalue weighted by Gasteiger charge is 2.25. The van der Waals surface area contributed by atoms with Crippen LogP contribution in [0.4, 0.5) is 0 Å². The minimum absolute atomic E-state index is 0.00170. The third-order valence-electron chi connectivity index (χ3n) is 7.87. The Labute approximate surface area is 207 Å². The van der Waals surface area contributed by atoms with Crippen LogP contribution in [0.3, 0.4) is 0 Å². The van der Waals surface area contributed by atoms with E-state index in [1.165, 1.54) is 58.3 Å². The molecule has 2 aromatic heterocycles. The van der Waals surface area contributed by atoms with Crippen molar-refractivity contribution in [3.63, 3.8) is 0 Å². The van der Waals surface area contributed by atoms with Gasteiger partial charge in [-0.3, -0.25) is 9.59 Å². The second kappa shape index (κ2) is 11.4. The Kier molecular flexibility index (Phi) is 7.84. The third kappa shape index (κ3) is 5.62. The summed E-state index contributed by atoms with van der Waals surface area (Å²) in [5.41, 5.74) is 2.59. The quantitative estimate of drug-likeness (QED) is 0.479. The number of piperidine rings is 2. The van der Waals surface area contributed by atoms with Gasteiger partial charge in [-0.2, -0.15) is 0 Å². The monoisotopic (exact) mass is 477 g/mol. The van der Waals surface area contributed by atoms with E-state index in [-0.39, 0.29) is 11.5 Å². The van der Waals surface area contributed by atoms with Gasteiger partial charge in [-0.1, -0.05) is 18.6 Å². The van der Waals surface area contributed by atoms with Gasteiger partial charge in [0.1, 0.15) is 5.52 Å². The second-order valence-corrected chi connectivity index (χ2v) is 10.2. The molecule has 0 unspecified atom stereocenters. The fraction of sp³-hybridized carbons (Fsp3) is 0.571. The summed E-state index contributed by atoms with van der Waals surface area (Å²) in [7, 11) is 0. The Morgan fingerprint density at radius 3 is 2.40 bits per heavy atom. The molecule has 5 rings (SSSR count). The Morgan fingerprint density at radius 1 is 0.857 bits per heavy atom. The molecule has 0 radical (unpaired) electrons. The normalized spacial score (nSPS) is 18.4. The van der Waals surface area contributed by atoms with E-state index in [1.54, 1.807) is 0 Å². The molecule has 0 saturated carbocycles. The van der Waals surface area contributed by atoms with E-state index in [4.69, 9.17) is 0 Å². The van der Waals surface area contributed by atoms with Crippen molar-refractivity contribution in [2.45, 2.75) is 64.0 Å². The van der Waals surface area contributed by atoms with Gasteiger partial charge in [0.15, 0.2) is 0 Å². The van der Waals surface area contributed by atoms with Crippen molar-refractivity contribution in [2.75, 3.05) is 39.3 Å². The lowest BCUT2D eigenvalue weighted by molar-refractivity contribution is -0.121. The molecule has 7 heteroatoms. The molecule has 3 aromatic rings. The maximum absolute atomic E-state index is 13.0. The molecular formula is C28H39N5O2. The molecule has 2 aliphatic heterocycles. The Hall–Kier alpha value is -2.64. The molecule has 2 fully saturated rings. The van der Waals surface area contributed by atoms with Crippen LogP contribution in [0, 0.1) is 0 Å². The molecule has 0 bridgehead atoms. The van der Waals surface area contributed by atoms with Gasteiger partial charge < -0.3 is 24.1 Å². The van der Waals surface area contributed by atoms with E-state index in [1.807, 2.05) is 51.6 Å². The predicted molar refractivity (Wildman–Crippen MR) is 141 cm³/mol. The molecule has 0 atom stereocenters. The van der Waals surface area contributed by atoms with Crippen LogP contribution >= 0.6 is 0 Å². The van der Waals surface area contributed by atoms with Crippen molar-refractivity contribution in [1.29, 1.82) is 0 Å². The molecular weight excluding hydrogens is 438 g/mol. The summed E-state index contributed by atoms with van der Waals surface area (Å²) in [5, 5.41) is 3.08. The molecule has 0 aliphatic carbocycles. The predicted octanol–water partition coefficient (Wildman–Crippen LogP) is 3.49. The number of nitrogens with zero attached hydrogens (tertiary/aromatic N) is 4. The average molecular weight is 478 g/mol. The van der Waals surface area contributed by atoms with Gasteiger partial charge in [0.25, 0.3) is 5.56 Å². The first-order valence-electron chi connectivity index (χ1n) is 13.5. The number of para-hydroxylation sites is 2. The number of aromatic nitrogens is 2. The van der Waals surface area contributed by atoms with E-state index < -0.39 is 0 Å². The van der Waals surface area contributed by atoms with Crippen LogP contribution in [-0.4, -0.2) is 70.0 Å². The minimum Gasteiger partial charge on any atom is -0.356 e. The van der Waals surface area contributed by atoms with Crippen LogP contribution in [-0.2, 0) is 11.3 Å². The molecule has 0 spiro atoms. The van der Waals surface area contributed by atoms with Gasteiger partial charge in [0.05, 0.1) is 11.0 Å². The number of amides is 1. The van der Waals surface area contributed by atoms with E-state index in [9.17, 15) is 9.59 Å². The summed E-state index contributed by atoms with van der Waals surface area (Å²) in [4.78, 5) is 30.7. The van der Waals surface area contributed by atoms with Crippen LogP contribution in [0.2, 0.25) is 0 Å². The molecule has 188 valence electrons. The first-order chi connectivity index (χ1) is 17.2. The van der Waals surface area contributed by atoms with E-state index in [0.29, 0.717) is 24.9 Å². The van der Waals surface area contributed by atoms with Crippen molar-refractivity contribution in [3.05, 3.63) is 52.9 Å². The van der Waals surface area contributed by atoms with Crippen molar-refractivity contribution >= 4 is 22.5 Å². The fourth-order valence-corrected chi connectivity index (χ4v) is 5.94. The van der Waals surface area contributed by atoms with Gasteiger partial charge >= 0.3 is 0 Å². The summed E-state index contributed by atoms with van der Waals surface area (Å²) in [6.45, 7) is 7.29. The number of hydrogen-bond acceptors (Lipinski definition) is 4. The van der Waals surface area contributed by atoms with E-state index in [2.05, 4.69) is 15.1 Å². The summed E-state index contributed by atoms with van der Waals surface area (Å²) >= 11 is 0. The van der Waals surface area contributed by atoms with Gasteiger partial charge in [0.2, 0.25) is 5.91 Å². The smallest absolute Gasteiger partial charge is 0.275 e. The van der Waals surface area contributed by atoms with E-state index in [0.717, 1.165) is 36.6 Å². The first kappa shape index (κ1) is 24.1. The van der Waals surface area contributed by atoms with Crippen molar-refractivity contribution in [3.8, 4) is 0 Å². The highest BCUT2D eigenvalue weighted by molar-refractivity contribution is 5.79. The number of rotatable bonds is 9. The molecule has 1 aromatic carbocycles. The molecule has 2 saturated heterocycles. The van der Waals surface area contributed by atoms with Gasteiger partial charge in [0, 0.05) is 31.7 Å². The van der Waals surface area contributed by atoms with Crippen LogP contribution < -0.4 is 10.9 Å². The Morgan fingerprint density at radius 2 is 1.60 bits per heavy atom. The van der Waals surface area contributed by atoms with Crippen molar-refractivity contribution in [1.82, 2.24) is 24.1 Å². The molecule has 2 aliphatic rings. The third-order valence-corrected chi connectivity index (χ3v) is 7.87. The topological polar surface area (TPSA) is 62.0 Å². The minimum atomic E-state index is -0.00170. The largest absolute Gasteiger partial charge is 0.356 e. The highest BCUT2D eigenvalue weighted by atomic mass is 16.1. The number of likely N-dealkylation sites (tertiary alicyclic amines) is 2. The molecule has 1 N–H and O–H groups in total. The van der Waals surface area contributed by atoms with Crippen LogP contribution in [0.5, 0.6) is 0 Å². The summed E-state index contributed by atoms with van der Waals surface area (Å²) in [6.07, 6.45) is 10.7. The zero-order valence-electron chi connectivity index (χ0n) is 20.8. The van der Waals surface area contributed by atoms with Crippen molar-refractivity contribution in [2.24, 2.45) is 0 Å². The number of benzene rings is 1. The molecule has 7 nitrogen and oxygen atoms in total. The lowest BCUT2D eigenvalue weighted by Crippen LogP contribution is -2.47. The lowest BCUT2D eigenvalue weighted by Gasteiger charge is -2.40. The average Bonchev–Trinajstić information content (AvgIpc) is 3.40. The van der Waals surface area contributed by atoms with Crippen LogP contribution in [0.1, 0.15) is 51.4 Å². The Balaban J connectivity index is 1.02. The maximum atomic E-state index is 13.0. The fourth-order valence-electron chi connectivity index (χ4n) is 5.94. The SMILES string of the molecule is O=C(CCCn1c(=O)c2cccn2c2ccccc21)NCCCN1CCC(N2CCCCC2)CC1. The van der Waals surface area contributed by atoms with Gasteiger partial charge in [-0.15, -0.1) is 0 Å². The van der Waals surface area contributed by atoms with E-state index >= 15 is 0 Å². The number of nitrogens with one attached hydrogen (secondary N) is 1. The number of hydrogen-bond donors (Lipinski definition) is 1. The number of fused-ring (bicyclic) bond motifs is 3. The molecule has 4 heterocycles. The molecule has 35 heavy (non-hydrogen) atoms. The summed E-state index contributed by atoms with van der Waals surface area (Å²) in [5.74, 6) is 0.0786. The van der Waals surface area contributed by atoms with Crippen LogP contribution in [0.25, 0.3) is 16.6 Å². The second-order valence-electron chi connectivity index (χ2n) is 10.2. The number of carbonyl (C=O) groups is 1. The number of aryl methyl sites for hydroxylation is 1. The standard InChI is InChI=1S/C28H39N5O2/c34-27(29-15-8-16-30-21-13-23(14-22-30)31-17-4-1-5-18-31)12-7-20-33-25-10-3-2-9-24(25)32-19-6-11-26(32)28(33)35/h2-3,6,9-11,19,23H,1,4-5,7-8,12-18,20-22H2,(H,29,34). The summed E-state index contributed by atoms with van der Waals surface area (Å²) < 4.78 is 3.75. The highest BCUT2D eigenvalue weighted by Crippen LogP contribution is 2.21. The van der Waals surface area contributed by atoms with Gasteiger partial charge in [-0.25, -0.2) is 0 Å². The zero-order valence-corrected chi connectivity index (χ0v) is 20.8. The van der Waals surface area contributed by atoms with Gasteiger partial charge in [-0.05, 0) is 95.5 Å². The summed E-state index contributed by atoms with van der Waals surface area (Å²) in [6, 6.07) is 12.5. The first-order valence-corrected chi connectivity index (χ1v) is 13.5.